The van der Waals surface area contributed by atoms with Crippen molar-refractivity contribution >= 4 is 20.7 Å². The SMILES string of the molecule is CS(=O)(=O)C1CNNC1C1CCCN1Cc1ccc2[nH]ccc2c1. The van der Waals surface area contributed by atoms with E-state index in [2.05, 4.69) is 45.0 Å². The van der Waals surface area contributed by atoms with Crippen molar-refractivity contribution in [3.05, 3.63) is 36.0 Å². The second-order valence-corrected chi connectivity index (χ2v) is 9.26. The number of nitrogens with one attached hydrogen (secondary N) is 3. The predicted molar refractivity (Wildman–Crippen MR) is 95.3 cm³/mol. The maximum atomic E-state index is 12.1. The number of hydrazine groups is 1. The Balaban J connectivity index is 1.54. The maximum Gasteiger partial charge on any atom is 0.153 e. The fourth-order valence-electron chi connectivity index (χ4n) is 4.15. The quantitative estimate of drug-likeness (QED) is 0.769. The smallest absolute Gasteiger partial charge is 0.153 e. The molecule has 1 aromatic heterocycles. The molecule has 0 bridgehead atoms. The van der Waals surface area contributed by atoms with Crippen LogP contribution < -0.4 is 10.9 Å². The number of sulfone groups is 1. The van der Waals surface area contributed by atoms with Gasteiger partial charge in [0.1, 0.15) is 0 Å². The van der Waals surface area contributed by atoms with E-state index in [4.69, 9.17) is 0 Å². The van der Waals surface area contributed by atoms with Crippen LogP contribution in [-0.2, 0) is 16.4 Å². The molecule has 3 atom stereocenters. The van der Waals surface area contributed by atoms with Gasteiger partial charge >= 0.3 is 0 Å². The summed E-state index contributed by atoms with van der Waals surface area (Å²) in [5.74, 6) is 0. The first kappa shape index (κ1) is 16.1. The van der Waals surface area contributed by atoms with Gasteiger partial charge in [-0.05, 0) is 48.5 Å². The first-order valence-corrected chi connectivity index (χ1v) is 10.5. The molecule has 4 rings (SSSR count). The van der Waals surface area contributed by atoms with Gasteiger partial charge < -0.3 is 4.98 Å². The lowest BCUT2D eigenvalue weighted by Crippen LogP contribution is -2.51. The van der Waals surface area contributed by atoms with Gasteiger partial charge in [-0.3, -0.25) is 15.8 Å². The molecule has 3 N–H and O–H groups in total. The minimum Gasteiger partial charge on any atom is -0.361 e. The number of rotatable bonds is 4. The molecule has 2 saturated heterocycles. The molecule has 2 aliphatic rings. The molecule has 3 heterocycles. The largest absolute Gasteiger partial charge is 0.361 e. The Morgan fingerprint density at radius 3 is 3.00 bits per heavy atom. The second kappa shape index (κ2) is 6.15. The molecule has 7 heteroatoms. The molecular weight excluding hydrogens is 324 g/mol. The van der Waals surface area contributed by atoms with Gasteiger partial charge in [0.2, 0.25) is 0 Å². The van der Waals surface area contributed by atoms with Gasteiger partial charge in [0.15, 0.2) is 9.84 Å². The highest BCUT2D eigenvalue weighted by Crippen LogP contribution is 2.27. The van der Waals surface area contributed by atoms with E-state index in [0.29, 0.717) is 6.54 Å². The van der Waals surface area contributed by atoms with Crippen molar-refractivity contribution in [3.63, 3.8) is 0 Å². The number of aromatic amines is 1. The summed E-state index contributed by atoms with van der Waals surface area (Å²) >= 11 is 0. The van der Waals surface area contributed by atoms with Crippen molar-refractivity contribution in [3.8, 4) is 0 Å². The summed E-state index contributed by atoms with van der Waals surface area (Å²) in [6.07, 6.45) is 5.46. The zero-order valence-corrected chi connectivity index (χ0v) is 14.6. The average molecular weight is 348 g/mol. The van der Waals surface area contributed by atoms with E-state index in [0.717, 1.165) is 31.4 Å². The Kier molecular flexibility index (Phi) is 4.12. The van der Waals surface area contributed by atoms with Gasteiger partial charge in [-0.25, -0.2) is 8.42 Å². The number of benzene rings is 1. The lowest BCUT2D eigenvalue weighted by molar-refractivity contribution is 0.204. The molecule has 0 spiro atoms. The van der Waals surface area contributed by atoms with Gasteiger partial charge in [-0.2, -0.15) is 0 Å². The molecule has 0 radical (unpaired) electrons. The Labute approximate surface area is 142 Å². The van der Waals surface area contributed by atoms with Crippen LogP contribution in [0.5, 0.6) is 0 Å². The summed E-state index contributed by atoms with van der Waals surface area (Å²) in [7, 11) is -3.06. The van der Waals surface area contributed by atoms with Gasteiger partial charge in [0.05, 0.1) is 11.3 Å². The van der Waals surface area contributed by atoms with Crippen molar-refractivity contribution in [2.45, 2.75) is 36.7 Å². The van der Waals surface area contributed by atoms with Crippen molar-refractivity contribution in [2.24, 2.45) is 0 Å². The Hall–Kier alpha value is -1.41. The molecular formula is C17H24N4O2S. The van der Waals surface area contributed by atoms with E-state index in [1.54, 1.807) is 0 Å². The van der Waals surface area contributed by atoms with Crippen LogP contribution in [0.25, 0.3) is 10.9 Å². The second-order valence-electron chi connectivity index (χ2n) is 7.00. The zero-order chi connectivity index (χ0) is 16.7. The van der Waals surface area contributed by atoms with E-state index >= 15 is 0 Å². The standard InChI is InChI=1S/C17H24N4O2S/c1-24(22,23)16-10-19-20-17(16)15-3-2-8-21(15)11-12-4-5-14-13(9-12)6-7-18-14/h4-7,9,15-20H,2-3,8,10-11H2,1H3. The van der Waals surface area contributed by atoms with Crippen LogP contribution in [0.1, 0.15) is 18.4 Å². The fourth-order valence-corrected chi connectivity index (χ4v) is 5.32. The van der Waals surface area contributed by atoms with Crippen LogP contribution in [0.4, 0.5) is 0 Å². The van der Waals surface area contributed by atoms with Crippen molar-refractivity contribution < 1.29 is 8.42 Å². The van der Waals surface area contributed by atoms with E-state index in [1.165, 1.54) is 17.2 Å². The molecule has 3 unspecified atom stereocenters. The van der Waals surface area contributed by atoms with E-state index in [1.807, 2.05) is 6.20 Å². The normalized spacial score (nSPS) is 28.8. The topological polar surface area (TPSA) is 77.2 Å². The van der Waals surface area contributed by atoms with Crippen LogP contribution in [0.2, 0.25) is 0 Å². The molecule has 24 heavy (non-hydrogen) atoms. The molecule has 0 aliphatic carbocycles. The summed E-state index contributed by atoms with van der Waals surface area (Å²) in [6.45, 7) is 2.37. The molecule has 0 saturated carbocycles. The number of likely N-dealkylation sites (tertiary alicyclic amines) is 1. The van der Waals surface area contributed by atoms with Gasteiger partial charge in [-0.1, -0.05) is 6.07 Å². The van der Waals surface area contributed by atoms with Crippen LogP contribution >= 0.6 is 0 Å². The van der Waals surface area contributed by atoms with Crippen molar-refractivity contribution in [2.75, 3.05) is 19.3 Å². The minimum atomic E-state index is -3.06. The highest BCUT2D eigenvalue weighted by molar-refractivity contribution is 7.91. The lowest BCUT2D eigenvalue weighted by atomic mass is 10.0. The molecule has 2 aliphatic heterocycles. The van der Waals surface area contributed by atoms with Gasteiger partial charge in [0, 0.05) is 37.1 Å². The molecule has 0 amide bonds. The Morgan fingerprint density at radius 1 is 1.29 bits per heavy atom. The first-order valence-electron chi connectivity index (χ1n) is 8.50. The van der Waals surface area contributed by atoms with Gasteiger partial charge in [0.25, 0.3) is 0 Å². The monoisotopic (exact) mass is 348 g/mol. The predicted octanol–water partition coefficient (Wildman–Crippen LogP) is 1.02. The summed E-state index contributed by atoms with van der Waals surface area (Å²) < 4.78 is 24.2. The third kappa shape index (κ3) is 2.97. The molecule has 6 nitrogen and oxygen atoms in total. The number of aromatic nitrogens is 1. The number of H-pyrrole nitrogens is 1. The third-order valence-corrected chi connectivity index (χ3v) is 6.91. The number of hydrogen-bond donors (Lipinski definition) is 3. The highest BCUT2D eigenvalue weighted by Gasteiger charge is 2.43. The molecule has 1 aromatic carbocycles. The van der Waals surface area contributed by atoms with E-state index < -0.39 is 9.84 Å². The first-order chi connectivity index (χ1) is 11.5. The number of nitrogens with zero attached hydrogens (tertiary/aromatic N) is 1. The molecule has 130 valence electrons. The minimum absolute atomic E-state index is 0.0431. The maximum absolute atomic E-state index is 12.1. The average Bonchev–Trinajstić information content (AvgIpc) is 3.25. The van der Waals surface area contributed by atoms with Crippen LogP contribution in [-0.4, -0.2) is 55.0 Å². The van der Waals surface area contributed by atoms with E-state index in [9.17, 15) is 8.42 Å². The van der Waals surface area contributed by atoms with Crippen LogP contribution in [0.3, 0.4) is 0 Å². The Morgan fingerprint density at radius 2 is 2.17 bits per heavy atom. The van der Waals surface area contributed by atoms with Crippen molar-refractivity contribution in [1.82, 2.24) is 20.7 Å². The van der Waals surface area contributed by atoms with Gasteiger partial charge in [-0.15, -0.1) is 0 Å². The zero-order valence-electron chi connectivity index (χ0n) is 13.8. The summed E-state index contributed by atoms with van der Waals surface area (Å²) in [4.78, 5) is 5.65. The van der Waals surface area contributed by atoms with E-state index in [-0.39, 0.29) is 17.3 Å². The third-order valence-electron chi connectivity index (χ3n) is 5.35. The molecule has 2 aromatic rings. The fraction of sp³-hybridized carbons (Fsp3) is 0.529. The van der Waals surface area contributed by atoms with Crippen molar-refractivity contribution in [1.29, 1.82) is 0 Å². The summed E-state index contributed by atoms with van der Waals surface area (Å²) in [5, 5.41) is 0.869. The summed E-state index contributed by atoms with van der Waals surface area (Å²) in [5.41, 5.74) is 8.69. The molecule has 2 fully saturated rings. The number of fused-ring (bicyclic) bond motifs is 1. The number of hydrogen-bond acceptors (Lipinski definition) is 5. The van der Waals surface area contributed by atoms with Crippen LogP contribution in [0.15, 0.2) is 30.5 Å². The highest BCUT2D eigenvalue weighted by atomic mass is 32.2. The summed E-state index contributed by atoms with van der Waals surface area (Å²) in [6, 6.07) is 8.78. The van der Waals surface area contributed by atoms with Crippen LogP contribution in [0, 0.1) is 0 Å². The Bertz CT molecular complexity index is 832. The lowest BCUT2D eigenvalue weighted by Gasteiger charge is -2.31.